The Hall–Kier alpha value is -3.26. The molecular formula is C18H13N3O4S. The fourth-order valence-electron chi connectivity index (χ4n) is 2.29. The van der Waals surface area contributed by atoms with Crippen molar-refractivity contribution in [2.24, 2.45) is 0 Å². The normalized spacial score (nSPS) is 11.4. The third-order valence-corrected chi connectivity index (χ3v) is 4.58. The molecule has 3 heterocycles. The number of hydrogen-bond acceptors (Lipinski definition) is 8. The van der Waals surface area contributed by atoms with Gasteiger partial charge in [-0.3, -0.25) is 4.79 Å². The molecule has 0 spiro atoms. The number of nitrogens with zero attached hydrogens (tertiary/aromatic N) is 3. The summed E-state index contributed by atoms with van der Waals surface area (Å²) < 4.78 is 16.8. The summed E-state index contributed by atoms with van der Waals surface area (Å²) >= 11 is 1.58. The molecule has 8 heteroatoms. The molecule has 0 saturated carbocycles. The SMILES string of the molecule is COC(=O)Cc1nnc(C=Cc2ccc(-c3nc4ccccc4s3)o2)o1. The van der Waals surface area contributed by atoms with Gasteiger partial charge in [-0.1, -0.05) is 12.1 Å². The molecule has 0 aliphatic rings. The molecule has 0 radical (unpaired) electrons. The fourth-order valence-corrected chi connectivity index (χ4v) is 3.22. The van der Waals surface area contributed by atoms with Gasteiger partial charge in [0.2, 0.25) is 11.8 Å². The van der Waals surface area contributed by atoms with E-state index in [1.165, 1.54) is 7.11 Å². The van der Waals surface area contributed by atoms with Crippen LogP contribution in [0.3, 0.4) is 0 Å². The lowest BCUT2D eigenvalue weighted by molar-refractivity contribution is -0.140. The van der Waals surface area contributed by atoms with Crippen LogP contribution in [-0.4, -0.2) is 28.3 Å². The van der Waals surface area contributed by atoms with Crippen LogP contribution in [0.1, 0.15) is 17.5 Å². The van der Waals surface area contributed by atoms with Gasteiger partial charge in [0, 0.05) is 6.08 Å². The molecule has 0 aliphatic carbocycles. The van der Waals surface area contributed by atoms with E-state index < -0.39 is 5.97 Å². The van der Waals surface area contributed by atoms with Crippen molar-refractivity contribution in [2.75, 3.05) is 7.11 Å². The number of carbonyl (C=O) groups excluding carboxylic acids is 1. The quantitative estimate of drug-likeness (QED) is 0.495. The monoisotopic (exact) mass is 367 g/mol. The van der Waals surface area contributed by atoms with E-state index in [1.54, 1.807) is 23.5 Å². The Morgan fingerprint density at radius 2 is 2.04 bits per heavy atom. The van der Waals surface area contributed by atoms with Crippen molar-refractivity contribution < 1.29 is 18.4 Å². The van der Waals surface area contributed by atoms with Gasteiger partial charge in [-0.25, -0.2) is 4.98 Å². The molecule has 0 atom stereocenters. The van der Waals surface area contributed by atoms with E-state index in [9.17, 15) is 4.79 Å². The molecule has 3 aromatic heterocycles. The lowest BCUT2D eigenvalue weighted by Gasteiger charge is -1.91. The maximum Gasteiger partial charge on any atom is 0.315 e. The predicted molar refractivity (Wildman–Crippen MR) is 96.3 cm³/mol. The number of hydrogen-bond donors (Lipinski definition) is 0. The standard InChI is InChI=1S/C18H13N3O4S/c1-23-17(22)10-16-21-20-15(25-16)9-7-11-6-8-13(24-11)18-19-12-4-2-3-5-14(12)26-18/h2-9H,10H2,1H3. The zero-order chi connectivity index (χ0) is 17.9. The number of rotatable bonds is 5. The number of fused-ring (bicyclic) bond motifs is 1. The summed E-state index contributed by atoms with van der Waals surface area (Å²) in [6.45, 7) is 0. The molecule has 7 nitrogen and oxygen atoms in total. The average Bonchev–Trinajstić information content (AvgIpc) is 3.38. The Labute approximate surface area is 151 Å². The van der Waals surface area contributed by atoms with Crippen LogP contribution in [0.25, 0.3) is 33.1 Å². The predicted octanol–water partition coefficient (Wildman–Crippen LogP) is 3.83. The molecule has 0 amide bonds. The van der Waals surface area contributed by atoms with Crippen molar-refractivity contribution >= 4 is 39.7 Å². The summed E-state index contributed by atoms with van der Waals surface area (Å²) in [4.78, 5) is 15.8. The Balaban J connectivity index is 1.49. The summed E-state index contributed by atoms with van der Waals surface area (Å²) in [5, 5.41) is 8.46. The zero-order valence-corrected chi connectivity index (χ0v) is 14.5. The third-order valence-electron chi connectivity index (χ3n) is 3.53. The van der Waals surface area contributed by atoms with Crippen molar-refractivity contribution in [1.29, 1.82) is 0 Å². The molecule has 0 bridgehead atoms. The van der Waals surface area contributed by atoms with E-state index in [-0.39, 0.29) is 18.2 Å². The van der Waals surface area contributed by atoms with Crippen LogP contribution in [-0.2, 0) is 16.0 Å². The van der Waals surface area contributed by atoms with E-state index in [4.69, 9.17) is 8.83 Å². The Bertz CT molecular complexity index is 1060. The first-order valence-electron chi connectivity index (χ1n) is 7.74. The van der Waals surface area contributed by atoms with E-state index in [2.05, 4.69) is 19.9 Å². The second kappa shape index (κ2) is 6.93. The molecule has 4 aromatic rings. The Morgan fingerprint density at radius 3 is 2.88 bits per heavy atom. The van der Waals surface area contributed by atoms with Crippen LogP contribution in [0.4, 0.5) is 0 Å². The van der Waals surface area contributed by atoms with E-state index in [0.29, 0.717) is 11.5 Å². The lowest BCUT2D eigenvalue weighted by atomic mass is 10.3. The number of esters is 1. The van der Waals surface area contributed by atoms with Crippen LogP contribution in [0, 0.1) is 0 Å². The topological polar surface area (TPSA) is 91.2 Å². The van der Waals surface area contributed by atoms with Gasteiger partial charge in [-0.2, -0.15) is 0 Å². The highest BCUT2D eigenvalue weighted by molar-refractivity contribution is 7.21. The zero-order valence-electron chi connectivity index (χ0n) is 13.7. The van der Waals surface area contributed by atoms with Crippen molar-refractivity contribution in [3.05, 3.63) is 53.9 Å². The van der Waals surface area contributed by atoms with E-state index in [0.717, 1.165) is 15.2 Å². The maximum atomic E-state index is 11.2. The molecule has 130 valence electrons. The number of furan rings is 1. The molecule has 0 fully saturated rings. The molecular weight excluding hydrogens is 354 g/mol. The summed E-state index contributed by atoms with van der Waals surface area (Å²) in [5.74, 6) is 1.37. The third kappa shape index (κ3) is 3.40. The van der Waals surface area contributed by atoms with Crippen molar-refractivity contribution in [1.82, 2.24) is 15.2 Å². The van der Waals surface area contributed by atoms with Crippen molar-refractivity contribution in [3.63, 3.8) is 0 Å². The maximum absolute atomic E-state index is 11.2. The highest BCUT2D eigenvalue weighted by atomic mass is 32.1. The summed E-state index contributed by atoms with van der Waals surface area (Å²) in [7, 11) is 1.31. The average molecular weight is 367 g/mol. The van der Waals surface area contributed by atoms with Crippen LogP contribution in [0.15, 0.2) is 45.2 Å². The van der Waals surface area contributed by atoms with Gasteiger partial charge in [-0.15, -0.1) is 21.5 Å². The van der Waals surface area contributed by atoms with Crippen LogP contribution in [0.5, 0.6) is 0 Å². The number of methoxy groups -OCH3 is 1. The molecule has 0 N–H and O–H groups in total. The van der Waals surface area contributed by atoms with Gasteiger partial charge in [0.05, 0.1) is 17.3 Å². The molecule has 26 heavy (non-hydrogen) atoms. The second-order valence-corrected chi connectivity index (χ2v) is 6.34. The molecule has 4 rings (SSSR count). The first-order chi connectivity index (χ1) is 12.7. The molecule has 0 saturated heterocycles. The van der Waals surface area contributed by atoms with Gasteiger partial charge in [-0.05, 0) is 30.3 Å². The number of para-hydroxylation sites is 1. The molecule has 0 unspecified atom stereocenters. The van der Waals surface area contributed by atoms with E-state index >= 15 is 0 Å². The number of aromatic nitrogens is 3. The van der Waals surface area contributed by atoms with Crippen molar-refractivity contribution in [2.45, 2.75) is 6.42 Å². The highest BCUT2D eigenvalue weighted by Gasteiger charge is 2.11. The van der Waals surface area contributed by atoms with E-state index in [1.807, 2.05) is 36.4 Å². The minimum atomic E-state index is -0.435. The van der Waals surface area contributed by atoms with Crippen molar-refractivity contribution in [3.8, 4) is 10.8 Å². The smallest absolute Gasteiger partial charge is 0.315 e. The Kier molecular flexibility index (Phi) is 4.32. The second-order valence-electron chi connectivity index (χ2n) is 5.31. The van der Waals surface area contributed by atoms with Crippen LogP contribution < -0.4 is 0 Å². The summed E-state index contributed by atoms with van der Waals surface area (Å²) in [6.07, 6.45) is 3.28. The Morgan fingerprint density at radius 1 is 1.15 bits per heavy atom. The van der Waals surface area contributed by atoms with Gasteiger partial charge in [0.1, 0.15) is 12.2 Å². The first-order valence-corrected chi connectivity index (χ1v) is 8.56. The summed E-state index contributed by atoms with van der Waals surface area (Å²) in [5.41, 5.74) is 0.949. The number of thiazole rings is 1. The van der Waals surface area contributed by atoms with Gasteiger partial charge < -0.3 is 13.6 Å². The lowest BCUT2D eigenvalue weighted by Crippen LogP contribution is -2.04. The van der Waals surface area contributed by atoms with Crippen LogP contribution in [0.2, 0.25) is 0 Å². The minimum absolute atomic E-state index is 0.0557. The number of ether oxygens (including phenoxy) is 1. The van der Waals surface area contributed by atoms with Gasteiger partial charge >= 0.3 is 5.97 Å². The highest BCUT2D eigenvalue weighted by Crippen LogP contribution is 2.31. The first kappa shape index (κ1) is 16.2. The molecule has 0 aliphatic heterocycles. The van der Waals surface area contributed by atoms with Gasteiger partial charge in [0.15, 0.2) is 10.8 Å². The van der Waals surface area contributed by atoms with Gasteiger partial charge in [0.25, 0.3) is 0 Å². The summed E-state index contributed by atoms with van der Waals surface area (Å²) in [6, 6.07) is 11.7. The largest absolute Gasteiger partial charge is 0.469 e. The number of benzene rings is 1. The molecule has 1 aromatic carbocycles. The number of carbonyl (C=O) groups is 1. The minimum Gasteiger partial charge on any atom is -0.469 e. The van der Waals surface area contributed by atoms with Crippen LogP contribution >= 0.6 is 11.3 Å². The fraction of sp³-hybridized carbons (Fsp3) is 0.111.